The fourth-order valence-corrected chi connectivity index (χ4v) is 13.1. The number of hydrogen-bond acceptors (Lipinski definition) is 2. The van der Waals surface area contributed by atoms with Gasteiger partial charge in [-0.3, -0.25) is 0 Å². The van der Waals surface area contributed by atoms with E-state index >= 15 is 0 Å². The van der Waals surface area contributed by atoms with Gasteiger partial charge in [0.2, 0.25) is 0 Å². The largest absolute Gasteiger partial charge is 0.455 e. The van der Waals surface area contributed by atoms with Crippen molar-refractivity contribution in [2.24, 2.45) is 0 Å². The van der Waals surface area contributed by atoms with Gasteiger partial charge in [-0.25, -0.2) is 0 Å². The van der Waals surface area contributed by atoms with Crippen LogP contribution in [-0.4, -0.2) is 0 Å². The highest BCUT2D eigenvalue weighted by Crippen LogP contribution is 2.54. The number of rotatable bonds is 2. The van der Waals surface area contributed by atoms with Gasteiger partial charge in [-0.2, -0.15) is 0 Å². The van der Waals surface area contributed by atoms with E-state index in [2.05, 4.69) is 243 Å². The Labute approximate surface area is 424 Å². The molecule has 1 aliphatic carbocycles. The van der Waals surface area contributed by atoms with Crippen LogP contribution in [0.25, 0.3) is 175 Å². The van der Waals surface area contributed by atoms with E-state index in [0.717, 1.165) is 66.1 Å². The van der Waals surface area contributed by atoms with Crippen molar-refractivity contribution in [2.75, 3.05) is 0 Å². The zero-order chi connectivity index (χ0) is 48.2. The first-order valence-corrected chi connectivity index (χ1v) is 25.6. The summed E-state index contributed by atoms with van der Waals surface area (Å²) < 4.78 is 13.5. The molecule has 16 aromatic rings. The normalized spacial score (nSPS) is 12.3. The van der Waals surface area contributed by atoms with Crippen molar-refractivity contribution in [1.82, 2.24) is 0 Å². The van der Waals surface area contributed by atoms with Crippen molar-refractivity contribution in [2.45, 2.75) is 0 Å². The molecule has 0 atom stereocenters. The van der Waals surface area contributed by atoms with Gasteiger partial charge in [0.1, 0.15) is 22.3 Å². The van der Waals surface area contributed by atoms with Gasteiger partial charge in [0.05, 0.1) is 0 Å². The maximum Gasteiger partial charge on any atom is 0.143 e. The number of benzene rings is 14. The predicted octanol–water partition coefficient (Wildman–Crippen LogP) is 20.7. The van der Waals surface area contributed by atoms with Crippen LogP contribution in [-0.2, 0) is 0 Å². The van der Waals surface area contributed by atoms with Gasteiger partial charge in [-0.05, 0) is 169 Å². The third-order valence-corrected chi connectivity index (χ3v) is 16.4. The first kappa shape index (κ1) is 39.9. The molecule has 0 saturated carbocycles. The maximum atomic E-state index is 6.75. The lowest BCUT2D eigenvalue weighted by Crippen LogP contribution is -2.00. The lowest BCUT2D eigenvalue weighted by molar-refractivity contribution is 0.669. The van der Waals surface area contributed by atoms with Crippen molar-refractivity contribution in [3.63, 3.8) is 0 Å². The molecule has 0 radical (unpaired) electrons. The van der Waals surface area contributed by atoms with E-state index in [4.69, 9.17) is 8.83 Å². The van der Waals surface area contributed by atoms with Crippen LogP contribution in [0.15, 0.2) is 251 Å². The summed E-state index contributed by atoms with van der Waals surface area (Å²) in [6.45, 7) is 0. The van der Waals surface area contributed by atoms with Crippen LogP contribution in [0.5, 0.6) is 0 Å². The zero-order valence-corrected chi connectivity index (χ0v) is 39.9. The van der Waals surface area contributed by atoms with Crippen LogP contribution in [0.1, 0.15) is 0 Å². The summed E-state index contributed by atoms with van der Waals surface area (Å²) in [6.07, 6.45) is 0. The monoisotopic (exact) mass is 936 g/mol. The molecule has 0 fully saturated rings. The second-order valence-corrected chi connectivity index (χ2v) is 20.2. The lowest BCUT2D eigenvalue weighted by atomic mass is 9.77. The van der Waals surface area contributed by atoms with Gasteiger partial charge in [0, 0.05) is 32.7 Å². The highest BCUT2D eigenvalue weighted by molar-refractivity contribution is 6.29. The summed E-state index contributed by atoms with van der Waals surface area (Å²) in [5, 5.41) is 19.4. The summed E-state index contributed by atoms with van der Waals surface area (Å²) >= 11 is 0. The lowest BCUT2D eigenvalue weighted by Gasteiger charge is -2.26. The Kier molecular flexibility index (Phi) is 8.03. The topological polar surface area (TPSA) is 26.3 Å². The minimum atomic E-state index is 0.894. The van der Waals surface area contributed by atoms with E-state index in [1.807, 2.05) is 0 Å². The molecule has 17 rings (SSSR count). The molecule has 74 heavy (non-hydrogen) atoms. The third kappa shape index (κ3) is 5.49. The summed E-state index contributed by atoms with van der Waals surface area (Å²) in [6, 6.07) is 89.9. The van der Waals surface area contributed by atoms with Crippen molar-refractivity contribution in [3.05, 3.63) is 243 Å². The second kappa shape index (κ2) is 14.9. The number of furan rings is 2. The molecule has 0 N–H and O–H groups in total. The van der Waals surface area contributed by atoms with Crippen LogP contribution in [0.2, 0.25) is 0 Å². The summed E-state index contributed by atoms with van der Waals surface area (Å²) in [4.78, 5) is 0. The Morgan fingerprint density at radius 1 is 0.162 bits per heavy atom. The Balaban J connectivity index is 1.05. The van der Waals surface area contributed by atoms with E-state index in [1.165, 1.54) is 109 Å². The molecule has 0 bridgehead atoms. The molecule has 0 unspecified atom stereocenters. The van der Waals surface area contributed by atoms with Gasteiger partial charge < -0.3 is 8.83 Å². The minimum absolute atomic E-state index is 0.894. The van der Waals surface area contributed by atoms with Crippen LogP contribution < -0.4 is 0 Å². The number of para-hydroxylation sites is 4. The van der Waals surface area contributed by atoms with E-state index in [9.17, 15) is 0 Å². The van der Waals surface area contributed by atoms with E-state index < -0.39 is 0 Å². The van der Waals surface area contributed by atoms with Gasteiger partial charge in [0.25, 0.3) is 0 Å². The zero-order valence-electron chi connectivity index (χ0n) is 39.9. The fourth-order valence-electron chi connectivity index (χ4n) is 13.1. The van der Waals surface area contributed by atoms with Crippen molar-refractivity contribution in [1.29, 1.82) is 0 Å². The Bertz CT molecular complexity index is 4820. The molecule has 2 heteroatoms. The van der Waals surface area contributed by atoms with Gasteiger partial charge in [-0.15, -0.1) is 0 Å². The first-order valence-electron chi connectivity index (χ1n) is 25.6. The fraction of sp³-hybridized carbons (Fsp3) is 0. The molecule has 2 nitrogen and oxygen atoms in total. The highest BCUT2D eigenvalue weighted by atomic mass is 16.3. The Morgan fingerprint density at radius 3 is 0.784 bits per heavy atom. The van der Waals surface area contributed by atoms with Crippen LogP contribution >= 0.6 is 0 Å². The maximum absolute atomic E-state index is 6.75. The molecule has 2 heterocycles. The van der Waals surface area contributed by atoms with Gasteiger partial charge >= 0.3 is 0 Å². The van der Waals surface area contributed by atoms with Crippen molar-refractivity contribution < 1.29 is 8.83 Å². The molecule has 2 aromatic heterocycles. The SMILES string of the molecule is c1ccc2c(c1)oc1c(-c3ccc4c(c3)-c3cc5c6ccccc6c6ccccc6c5cc3-c3ccc(-c5cccc6c5oc5ccccc56)cc3-c3cc5c6ccccc6c6ccccc6c5cc3-4)cccc12. The molecule has 14 aromatic carbocycles. The molecule has 0 spiro atoms. The third-order valence-electron chi connectivity index (χ3n) is 16.4. The van der Waals surface area contributed by atoms with Crippen molar-refractivity contribution in [3.8, 4) is 66.8 Å². The Hall–Kier alpha value is -9.76. The second-order valence-electron chi connectivity index (χ2n) is 20.2. The van der Waals surface area contributed by atoms with Crippen LogP contribution in [0.3, 0.4) is 0 Å². The molecule has 0 saturated heterocycles. The highest BCUT2D eigenvalue weighted by Gasteiger charge is 2.27. The minimum Gasteiger partial charge on any atom is -0.455 e. The first-order chi connectivity index (χ1) is 36.7. The van der Waals surface area contributed by atoms with Gasteiger partial charge in [0.15, 0.2) is 0 Å². The predicted molar refractivity (Wildman–Crippen MR) is 312 cm³/mol. The molecular weight excluding hydrogens is 897 g/mol. The molecule has 0 aliphatic heterocycles. The average molecular weight is 937 g/mol. The quantitative estimate of drug-likeness (QED) is 0.161. The standard InChI is InChI=1S/C72H40O2/c1-5-19-49-45(15-1)47-17-3-7-21-51(47)63-39-67-60-36-42(44-26-14-28-58-56-24-10-12-30-70(56)74-72(44)58)32-34-54(60)66-38-62-50-20-6-2-16-46(50)48-18-4-8-22-52(48)64(62)40-68(66)59-35-41(31-33-53(59)65(67)37-61(49)63)43-25-13-27-57-55-23-9-11-29-69(55)73-71(43)57/h1-40H. The molecule has 0 amide bonds. The van der Waals surface area contributed by atoms with Gasteiger partial charge in [-0.1, -0.05) is 194 Å². The number of fused-ring (bicyclic) bond motifs is 26. The van der Waals surface area contributed by atoms with E-state index in [-0.39, 0.29) is 0 Å². The van der Waals surface area contributed by atoms with E-state index in [1.54, 1.807) is 0 Å². The summed E-state index contributed by atoms with van der Waals surface area (Å²) in [7, 11) is 0. The molecule has 340 valence electrons. The van der Waals surface area contributed by atoms with Crippen LogP contribution in [0, 0.1) is 0 Å². The average Bonchev–Trinajstić information content (AvgIpc) is 4.06. The molecular formula is C72H40O2. The number of hydrogen-bond donors (Lipinski definition) is 0. The van der Waals surface area contributed by atoms with Crippen molar-refractivity contribution >= 4 is 109 Å². The van der Waals surface area contributed by atoms with E-state index in [0.29, 0.717) is 0 Å². The smallest absolute Gasteiger partial charge is 0.143 e. The van der Waals surface area contributed by atoms with Crippen LogP contribution in [0.4, 0.5) is 0 Å². The molecule has 1 aliphatic rings. The Morgan fingerprint density at radius 2 is 0.432 bits per heavy atom. The summed E-state index contributed by atoms with van der Waals surface area (Å²) in [5.41, 5.74) is 17.4. The summed E-state index contributed by atoms with van der Waals surface area (Å²) in [5.74, 6) is 0.